The van der Waals surface area contributed by atoms with Crippen LogP contribution in [0.1, 0.15) is 49.4 Å². The van der Waals surface area contributed by atoms with Crippen LogP contribution >= 0.6 is 11.6 Å². The average molecular weight is 407 g/mol. The fraction of sp³-hybridized carbons (Fsp3) is 0.333. The third-order valence-electron chi connectivity index (χ3n) is 6.11. The van der Waals surface area contributed by atoms with Gasteiger partial charge in [-0.25, -0.2) is 0 Å². The zero-order valence-corrected chi connectivity index (χ0v) is 16.9. The van der Waals surface area contributed by atoms with Gasteiger partial charge in [-0.3, -0.25) is 9.78 Å². The van der Waals surface area contributed by atoms with Crippen molar-refractivity contribution in [3.05, 3.63) is 70.9 Å². The van der Waals surface area contributed by atoms with E-state index in [-0.39, 0.29) is 17.6 Å². The molecule has 1 fully saturated rings. The van der Waals surface area contributed by atoms with Crippen molar-refractivity contribution in [2.75, 3.05) is 0 Å². The molecule has 1 aliphatic carbocycles. The van der Waals surface area contributed by atoms with Crippen LogP contribution in [0.15, 0.2) is 54.6 Å². The van der Waals surface area contributed by atoms with Gasteiger partial charge in [-0.05, 0) is 56.0 Å². The summed E-state index contributed by atoms with van der Waals surface area (Å²) in [4.78, 5) is 17.4. The van der Waals surface area contributed by atoms with Crippen molar-refractivity contribution in [3.63, 3.8) is 0 Å². The first-order chi connectivity index (χ1) is 14.1. The maximum atomic E-state index is 12.7. The summed E-state index contributed by atoms with van der Waals surface area (Å²) in [5.41, 5.74) is 2.75. The molecule has 2 aliphatic rings. The van der Waals surface area contributed by atoms with E-state index >= 15 is 0 Å². The summed E-state index contributed by atoms with van der Waals surface area (Å²) in [5, 5.41) is 5.00. The Bertz CT molecular complexity index is 1080. The van der Waals surface area contributed by atoms with Crippen LogP contribution in [0.25, 0.3) is 10.9 Å². The first-order valence-corrected chi connectivity index (χ1v) is 10.6. The number of nitrogens with zero attached hydrogens (tertiary/aromatic N) is 1. The van der Waals surface area contributed by atoms with Crippen LogP contribution < -0.4 is 10.1 Å². The molecule has 0 bridgehead atoms. The van der Waals surface area contributed by atoms with Crippen molar-refractivity contribution < 1.29 is 9.53 Å². The summed E-state index contributed by atoms with van der Waals surface area (Å²) in [6.07, 6.45) is 5.10. The van der Waals surface area contributed by atoms with Crippen molar-refractivity contribution in [3.8, 4) is 5.75 Å². The van der Waals surface area contributed by atoms with Gasteiger partial charge in [0.25, 0.3) is 0 Å². The van der Waals surface area contributed by atoms with Crippen LogP contribution in [-0.2, 0) is 11.2 Å². The molecule has 1 atom stereocenters. The van der Waals surface area contributed by atoms with E-state index < -0.39 is 0 Å². The molecule has 1 unspecified atom stereocenters. The van der Waals surface area contributed by atoms with Crippen molar-refractivity contribution in [2.45, 2.75) is 50.2 Å². The molecule has 1 spiro atoms. The number of halogens is 1. The molecule has 1 aromatic heterocycles. The van der Waals surface area contributed by atoms with Crippen molar-refractivity contribution in [1.29, 1.82) is 0 Å². The summed E-state index contributed by atoms with van der Waals surface area (Å²) >= 11 is 6.21. The number of ether oxygens (including phenoxy) is 1. The lowest BCUT2D eigenvalue weighted by molar-refractivity contribution is -0.123. The number of aryl methyl sites for hydroxylation is 1. The standard InChI is InChI=1S/C24H23ClN2O2/c25-17-7-10-22-19(14-17)21(15-24(29-22)12-3-13-24)27-23(28)11-9-18-8-6-16-4-1-2-5-20(16)26-18/h1-2,4-8,10,14,21H,3,9,11-13,15H2,(H,27,28). The van der Waals surface area contributed by atoms with E-state index in [2.05, 4.69) is 16.4 Å². The Morgan fingerprint density at radius 1 is 1.17 bits per heavy atom. The number of carbonyl (C=O) groups is 1. The van der Waals surface area contributed by atoms with Gasteiger partial charge >= 0.3 is 0 Å². The molecule has 148 valence electrons. The first-order valence-electron chi connectivity index (χ1n) is 10.2. The molecule has 0 radical (unpaired) electrons. The summed E-state index contributed by atoms with van der Waals surface area (Å²) < 4.78 is 6.27. The van der Waals surface area contributed by atoms with Crippen LogP contribution in [0.3, 0.4) is 0 Å². The molecule has 4 nitrogen and oxygen atoms in total. The highest BCUT2D eigenvalue weighted by Crippen LogP contribution is 2.49. The second-order valence-electron chi connectivity index (χ2n) is 8.14. The predicted octanol–water partition coefficient (Wildman–Crippen LogP) is 5.38. The van der Waals surface area contributed by atoms with Crippen LogP contribution in [0.5, 0.6) is 5.75 Å². The molecule has 2 heterocycles. The SMILES string of the molecule is O=C(CCc1ccc2ccccc2n1)NC1CC2(CCC2)Oc2ccc(Cl)cc21. The lowest BCUT2D eigenvalue weighted by atomic mass is 9.73. The Morgan fingerprint density at radius 3 is 2.86 bits per heavy atom. The Kier molecular flexibility index (Phi) is 4.67. The summed E-state index contributed by atoms with van der Waals surface area (Å²) in [5.74, 6) is 0.883. The lowest BCUT2D eigenvalue weighted by Crippen LogP contribution is -2.49. The van der Waals surface area contributed by atoms with E-state index in [4.69, 9.17) is 16.3 Å². The van der Waals surface area contributed by atoms with Gasteiger partial charge in [-0.1, -0.05) is 35.9 Å². The molecule has 0 saturated heterocycles. The Labute approximate surface area is 175 Å². The van der Waals surface area contributed by atoms with Gasteiger partial charge in [-0.2, -0.15) is 0 Å². The highest BCUT2D eigenvalue weighted by atomic mass is 35.5. The molecule has 2 aromatic carbocycles. The van der Waals surface area contributed by atoms with E-state index in [1.54, 1.807) is 0 Å². The number of fused-ring (bicyclic) bond motifs is 2. The Balaban J connectivity index is 1.29. The van der Waals surface area contributed by atoms with Crippen molar-refractivity contribution in [2.24, 2.45) is 0 Å². The number of amides is 1. The highest BCUT2D eigenvalue weighted by molar-refractivity contribution is 6.30. The molecule has 3 aromatic rings. The number of carbonyl (C=O) groups excluding carboxylic acids is 1. The zero-order valence-electron chi connectivity index (χ0n) is 16.2. The van der Waals surface area contributed by atoms with Gasteiger partial charge < -0.3 is 10.1 Å². The summed E-state index contributed by atoms with van der Waals surface area (Å²) in [6, 6.07) is 17.7. The van der Waals surface area contributed by atoms with Crippen LogP contribution in [0, 0.1) is 0 Å². The quantitative estimate of drug-likeness (QED) is 0.632. The minimum absolute atomic E-state index is 0.0345. The number of pyridine rings is 1. The van der Waals surface area contributed by atoms with Crippen LogP contribution in [-0.4, -0.2) is 16.5 Å². The zero-order chi connectivity index (χ0) is 19.8. The second-order valence-corrected chi connectivity index (χ2v) is 8.58. The Hall–Kier alpha value is -2.59. The minimum atomic E-state index is -0.126. The van der Waals surface area contributed by atoms with E-state index in [0.29, 0.717) is 17.9 Å². The van der Waals surface area contributed by atoms with Crippen molar-refractivity contribution >= 4 is 28.4 Å². The maximum absolute atomic E-state index is 12.7. The number of hydrogen-bond donors (Lipinski definition) is 1. The number of benzene rings is 2. The number of hydrogen-bond acceptors (Lipinski definition) is 3. The van der Waals surface area contributed by atoms with E-state index in [1.807, 2.05) is 48.5 Å². The highest BCUT2D eigenvalue weighted by Gasteiger charge is 2.45. The maximum Gasteiger partial charge on any atom is 0.220 e. The second kappa shape index (κ2) is 7.34. The molecule has 1 saturated carbocycles. The van der Waals surface area contributed by atoms with Gasteiger partial charge in [0.15, 0.2) is 0 Å². The van der Waals surface area contributed by atoms with Crippen LogP contribution in [0.4, 0.5) is 0 Å². The van der Waals surface area contributed by atoms with Gasteiger partial charge in [-0.15, -0.1) is 0 Å². The van der Waals surface area contributed by atoms with Crippen molar-refractivity contribution in [1.82, 2.24) is 10.3 Å². The van der Waals surface area contributed by atoms with Gasteiger partial charge in [0, 0.05) is 34.5 Å². The summed E-state index contributed by atoms with van der Waals surface area (Å²) in [6.45, 7) is 0. The smallest absolute Gasteiger partial charge is 0.220 e. The van der Waals surface area contributed by atoms with Gasteiger partial charge in [0.05, 0.1) is 11.6 Å². The normalized spacial score (nSPS) is 19.3. The van der Waals surface area contributed by atoms with Crippen LogP contribution in [0.2, 0.25) is 5.02 Å². The van der Waals surface area contributed by atoms with Gasteiger partial charge in [0.2, 0.25) is 5.91 Å². The third-order valence-corrected chi connectivity index (χ3v) is 6.35. The number of para-hydroxylation sites is 1. The Morgan fingerprint density at radius 2 is 2.03 bits per heavy atom. The molecule has 1 amide bonds. The third kappa shape index (κ3) is 3.69. The number of aromatic nitrogens is 1. The molecule has 29 heavy (non-hydrogen) atoms. The van der Waals surface area contributed by atoms with Gasteiger partial charge in [0.1, 0.15) is 11.4 Å². The molecule has 1 aliphatic heterocycles. The molecular formula is C24H23ClN2O2. The topological polar surface area (TPSA) is 51.2 Å². The molecule has 5 heteroatoms. The molecule has 5 rings (SSSR count). The largest absolute Gasteiger partial charge is 0.487 e. The predicted molar refractivity (Wildman–Crippen MR) is 114 cm³/mol. The number of nitrogens with one attached hydrogen (secondary N) is 1. The monoisotopic (exact) mass is 406 g/mol. The molecule has 1 N–H and O–H groups in total. The fourth-order valence-corrected chi connectivity index (χ4v) is 4.58. The van der Waals surface area contributed by atoms with E-state index in [0.717, 1.165) is 47.2 Å². The lowest BCUT2D eigenvalue weighted by Gasteiger charge is -2.48. The number of rotatable bonds is 4. The van der Waals surface area contributed by atoms with E-state index in [1.165, 1.54) is 6.42 Å². The fourth-order valence-electron chi connectivity index (χ4n) is 4.40. The summed E-state index contributed by atoms with van der Waals surface area (Å²) in [7, 11) is 0. The minimum Gasteiger partial charge on any atom is -0.487 e. The molecular weight excluding hydrogens is 384 g/mol. The average Bonchev–Trinajstić information content (AvgIpc) is 2.71. The van der Waals surface area contributed by atoms with E-state index in [9.17, 15) is 4.79 Å². The first kappa shape index (κ1) is 18.4.